The van der Waals surface area contributed by atoms with Crippen LogP contribution >= 0.6 is 23.2 Å². The zero-order chi connectivity index (χ0) is 24.0. The molecule has 2 atom stereocenters. The van der Waals surface area contributed by atoms with Crippen LogP contribution in [0.3, 0.4) is 0 Å². The summed E-state index contributed by atoms with van der Waals surface area (Å²) in [4.78, 5) is 16.0. The van der Waals surface area contributed by atoms with Crippen molar-refractivity contribution in [1.29, 1.82) is 0 Å². The Morgan fingerprint density at radius 1 is 1.24 bits per heavy atom. The van der Waals surface area contributed by atoms with Gasteiger partial charge in [-0.2, -0.15) is 0 Å². The Morgan fingerprint density at radius 3 is 2.52 bits per heavy atom. The smallest absolute Gasteiger partial charge is 0.243 e. The zero-order valence-corrected chi connectivity index (χ0v) is 19.7. The molecule has 2 aromatic rings. The normalized spacial score (nSPS) is 18.4. The van der Waals surface area contributed by atoms with Gasteiger partial charge in [-0.3, -0.25) is 4.79 Å². The van der Waals surface area contributed by atoms with E-state index in [0.29, 0.717) is 31.0 Å². The molecule has 10 heteroatoms. The van der Waals surface area contributed by atoms with E-state index in [0.717, 1.165) is 0 Å². The van der Waals surface area contributed by atoms with Crippen LogP contribution in [-0.4, -0.2) is 50.4 Å². The van der Waals surface area contributed by atoms with Crippen LogP contribution in [0, 0.1) is 0 Å². The predicted octanol–water partition coefficient (Wildman–Crippen LogP) is 4.74. The second kappa shape index (κ2) is 11.4. The van der Waals surface area contributed by atoms with Crippen molar-refractivity contribution in [2.24, 2.45) is 0 Å². The molecule has 1 amide bonds. The molecule has 0 saturated carbocycles. The molecular formula is C23H24Cl2FN3O4. The van der Waals surface area contributed by atoms with Crippen LogP contribution in [0.25, 0.3) is 11.9 Å². The van der Waals surface area contributed by atoms with Crippen LogP contribution in [-0.2, 0) is 9.53 Å². The number of halogens is 3. The fraction of sp³-hybridized carbons (Fsp3) is 0.304. The number of amides is 1. The molecule has 0 aliphatic carbocycles. The number of aromatic nitrogens is 1. The molecule has 2 heterocycles. The molecule has 1 aromatic carbocycles. The lowest BCUT2D eigenvalue weighted by Gasteiger charge is -2.32. The van der Waals surface area contributed by atoms with Crippen LogP contribution < -0.4 is 20.1 Å². The molecule has 1 saturated heterocycles. The van der Waals surface area contributed by atoms with Gasteiger partial charge < -0.3 is 24.8 Å². The van der Waals surface area contributed by atoms with Crippen molar-refractivity contribution in [3.05, 3.63) is 58.2 Å². The maximum absolute atomic E-state index is 15.1. The average Bonchev–Trinajstić information content (AvgIpc) is 2.81. The average molecular weight is 496 g/mol. The number of anilines is 1. The van der Waals surface area contributed by atoms with Crippen molar-refractivity contribution in [3.8, 4) is 11.5 Å². The van der Waals surface area contributed by atoms with Crippen molar-refractivity contribution in [1.82, 2.24) is 10.3 Å². The molecule has 1 aliphatic heterocycles. The van der Waals surface area contributed by atoms with Crippen molar-refractivity contribution in [3.63, 3.8) is 0 Å². The third kappa shape index (κ3) is 5.96. The monoisotopic (exact) mass is 495 g/mol. The Kier molecular flexibility index (Phi) is 8.55. The van der Waals surface area contributed by atoms with Crippen LogP contribution in [0.5, 0.6) is 11.5 Å². The molecule has 1 aliphatic rings. The third-order valence-electron chi connectivity index (χ3n) is 5.09. The van der Waals surface area contributed by atoms with E-state index in [-0.39, 0.29) is 45.1 Å². The second-order valence-electron chi connectivity index (χ2n) is 7.19. The lowest BCUT2D eigenvalue weighted by Crippen LogP contribution is -2.52. The number of ether oxygens (including phenoxy) is 3. The predicted molar refractivity (Wildman–Crippen MR) is 128 cm³/mol. The topological polar surface area (TPSA) is 81.7 Å². The minimum Gasteiger partial charge on any atom is -0.495 e. The zero-order valence-electron chi connectivity index (χ0n) is 18.2. The Hall–Kier alpha value is -2.81. The van der Waals surface area contributed by atoms with Gasteiger partial charge >= 0.3 is 0 Å². The van der Waals surface area contributed by atoms with Gasteiger partial charge in [-0.05, 0) is 36.3 Å². The van der Waals surface area contributed by atoms with E-state index in [9.17, 15) is 4.79 Å². The van der Waals surface area contributed by atoms with E-state index in [4.69, 9.17) is 37.4 Å². The molecule has 7 nitrogen and oxygen atoms in total. The van der Waals surface area contributed by atoms with Crippen molar-refractivity contribution in [2.75, 3.05) is 32.8 Å². The second-order valence-corrected chi connectivity index (χ2v) is 7.94. The van der Waals surface area contributed by atoms with Crippen LogP contribution in [0.2, 0.25) is 10.0 Å². The summed E-state index contributed by atoms with van der Waals surface area (Å²) in [6.45, 7) is 4.44. The van der Waals surface area contributed by atoms with E-state index in [2.05, 4.69) is 22.2 Å². The quantitative estimate of drug-likeness (QED) is 0.514. The van der Waals surface area contributed by atoms with Crippen LogP contribution in [0.4, 0.5) is 10.2 Å². The highest BCUT2D eigenvalue weighted by Crippen LogP contribution is 2.44. The Bertz CT molecular complexity index is 1020. The van der Waals surface area contributed by atoms with Gasteiger partial charge in [0.25, 0.3) is 0 Å². The van der Waals surface area contributed by atoms with E-state index in [1.54, 1.807) is 12.1 Å². The third-order valence-corrected chi connectivity index (χ3v) is 5.85. The van der Waals surface area contributed by atoms with E-state index < -0.39 is 5.83 Å². The molecule has 176 valence electrons. The van der Waals surface area contributed by atoms with Crippen LogP contribution in [0.15, 0.2) is 37.1 Å². The maximum Gasteiger partial charge on any atom is 0.243 e. The molecule has 1 aromatic heterocycles. The highest BCUT2D eigenvalue weighted by atomic mass is 35.5. The van der Waals surface area contributed by atoms with E-state index in [1.165, 1.54) is 38.6 Å². The summed E-state index contributed by atoms with van der Waals surface area (Å²) in [6.07, 6.45) is 4.66. The highest BCUT2D eigenvalue weighted by molar-refractivity contribution is 6.39. The fourth-order valence-corrected chi connectivity index (χ4v) is 4.06. The van der Waals surface area contributed by atoms with Crippen molar-refractivity contribution < 1.29 is 23.4 Å². The summed E-state index contributed by atoms with van der Waals surface area (Å²) in [5.41, 5.74) is 0.459. The minimum atomic E-state index is -0.669. The summed E-state index contributed by atoms with van der Waals surface area (Å²) >= 11 is 12.6. The first kappa shape index (κ1) is 24.8. The van der Waals surface area contributed by atoms with Gasteiger partial charge in [0.1, 0.15) is 23.1 Å². The van der Waals surface area contributed by atoms with E-state index >= 15 is 4.39 Å². The molecule has 1 fully saturated rings. The molecule has 2 N–H and O–H groups in total. The van der Waals surface area contributed by atoms with E-state index in [1.807, 2.05) is 0 Å². The number of nitrogens with zero attached hydrogens (tertiary/aromatic N) is 1. The fourth-order valence-electron chi connectivity index (χ4n) is 3.37. The lowest BCUT2D eigenvalue weighted by molar-refractivity contribution is -0.117. The SMILES string of the molecule is C=CC(=O)N[C@H]1CCOC[C@H]1Nc1ccc(/C=C(\F)c2c(Cl)c(OC)cc(OC)c2Cl)cn1. The summed E-state index contributed by atoms with van der Waals surface area (Å²) in [5.74, 6) is 0.116. The maximum atomic E-state index is 15.1. The first-order valence-electron chi connectivity index (χ1n) is 10.1. The number of hydrogen-bond acceptors (Lipinski definition) is 6. The van der Waals surface area contributed by atoms with Gasteiger partial charge in [0, 0.05) is 18.9 Å². The number of nitrogens with one attached hydrogen (secondary N) is 2. The molecule has 0 unspecified atom stereocenters. The number of pyridine rings is 1. The van der Waals surface area contributed by atoms with Gasteiger partial charge in [-0.25, -0.2) is 9.37 Å². The Morgan fingerprint density at radius 2 is 1.94 bits per heavy atom. The van der Waals surface area contributed by atoms with Gasteiger partial charge in [-0.1, -0.05) is 29.8 Å². The Labute approximate surface area is 201 Å². The number of methoxy groups -OCH3 is 2. The van der Waals surface area contributed by atoms with Gasteiger partial charge in [0.05, 0.1) is 48.5 Å². The Balaban J connectivity index is 1.79. The molecule has 3 rings (SSSR count). The highest BCUT2D eigenvalue weighted by Gasteiger charge is 2.27. The number of carbonyl (C=O) groups is 1. The number of carbonyl (C=O) groups excluding carboxylic acids is 1. The van der Waals surface area contributed by atoms with Gasteiger partial charge in [0.2, 0.25) is 5.91 Å². The first-order chi connectivity index (χ1) is 15.9. The molecule has 0 radical (unpaired) electrons. The van der Waals surface area contributed by atoms with Gasteiger partial charge in [-0.15, -0.1) is 0 Å². The van der Waals surface area contributed by atoms with Crippen molar-refractivity contribution >= 4 is 46.8 Å². The largest absolute Gasteiger partial charge is 0.495 e. The lowest BCUT2D eigenvalue weighted by atomic mass is 10.0. The molecule has 33 heavy (non-hydrogen) atoms. The number of hydrogen-bond donors (Lipinski definition) is 2. The standard InChI is InChI=1S/C23H24Cl2FN3O4/c1-4-20(30)29-15-7-8-33-12-16(15)28-19-6-5-13(11-27-19)9-14(26)21-22(24)17(31-2)10-18(32-3)23(21)25/h4-6,9-11,15-16H,1,7-8,12H2,2-3H3,(H,27,28)(H,29,30)/b14-9-/t15-,16+/m0/s1. The molecular weight excluding hydrogens is 472 g/mol. The number of rotatable bonds is 8. The minimum absolute atomic E-state index is 0.0307. The first-order valence-corrected chi connectivity index (χ1v) is 10.8. The summed E-state index contributed by atoms with van der Waals surface area (Å²) in [5, 5.41) is 6.21. The number of benzene rings is 1. The summed E-state index contributed by atoms with van der Waals surface area (Å²) in [7, 11) is 2.83. The van der Waals surface area contributed by atoms with Gasteiger partial charge in [0.15, 0.2) is 0 Å². The summed E-state index contributed by atoms with van der Waals surface area (Å²) in [6, 6.07) is 4.58. The molecule has 0 spiro atoms. The van der Waals surface area contributed by atoms with Crippen molar-refractivity contribution in [2.45, 2.75) is 18.5 Å². The van der Waals surface area contributed by atoms with Crippen LogP contribution in [0.1, 0.15) is 17.5 Å². The molecule has 0 bridgehead atoms. The summed E-state index contributed by atoms with van der Waals surface area (Å²) < 4.78 is 31.0.